The molecule has 1 aliphatic rings. The third kappa shape index (κ3) is 2.93. The summed E-state index contributed by atoms with van der Waals surface area (Å²) < 4.78 is 6.35. The first kappa shape index (κ1) is 12.7. The summed E-state index contributed by atoms with van der Waals surface area (Å²) in [5.41, 5.74) is 1.18. The highest BCUT2D eigenvalue weighted by Gasteiger charge is 2.20. The highest BCUT2D eigenvalue weighted by molar-refractivity contribution is 9.10. The van der Waals surface area contributed by atoms with E-state index in [-0.39, 0.29) is 0 Å². The number of ether oxygens (including phenoxy) is 1. The largest absolute Gasteiger partial charge is 0.497 e. The molecule has 0 radical (unpaired) electrons. The molecule has 1 aliphatic heterocycles. The lowest BCUT2D eigenvalue weighted by atomic mass is 9.97. The maximum Gasteiger partial charge on any atom is 0.121 e. The molecule has 17 heavy (non-hydrogen) atoms. The van der Waals surface area contributed by atoms with Crippen LogP contribution in [0.5, 0.6) is 5.75 Å². The maximum atomic E-state index is 9.14. The van der Waals surface area contributed by atoms with Crippen LogP contribution < -0.4 is 9.64 Å². The average molecular weight is 300 g/mol. The molecule has 1 aromatic rings. The molecule has 1 aromatic carbocycles. The molecule has 1 saturated heterocycles. The molecular formula is C13H18BrNO2. The zero-order valence-electron chi connectivity index (χ0n) is 10.0. The Morgan fingerprint density at radius 2 is 2.12 bits per heavy atom. The van der Waals surface area contributed by atoms with Gasteiger partial charge < -0.3 is 14.7 Å². The van der Waals surface area contributed by atoms with Gasteiger partial charge in [-0.15, -0.1) is 0 Å². The van der Waals surface area contributed by atoms with Gasteiger partial charge in [0.25, 0.3) is 0 Å². The third-order valence-electron chi connectivity index (χ3n) is 3.37. The number of methoxy groups -OCH3 is 1. The predicted octanol–water partition coefficient (Wildman–Crippen LogP) is 2.67. The van der Waals surface area contributed by atoms with Gasteiger partial charge in [-0.05, 0) is 46.8 Å². The van der Waals surface area contributed by atoms with Crippen LogP contribution >= 0.6 is 15.9 Å². The molecule has 94 valence electrons. The van der Waals surface area contributed by atoms with E-state index in [4.69, 9.17) is 9.84 Å². The van der Waals surface area contributed by atoms with Crippen LogP contribution in [0.15, 0.2) is 22.7 Å². The zero-order chi connectivity index (χ0) is 12.3. The summed E-state index contributed by atoms with van der Waals surface area (Å²) in [4.78, 5) is 2.35. The average Bonchev–Trinajstić information content (AvgIpc) is 2.39. The van der Waals surface area contributed by atoms with E-state index in [0.717, 1.165) is 36.2 Å². The highest BCUT2D eigenvalue weighted by atomic mass is 79.9. The van der Waals surface area contributed by atoms with E-state index >= 15 is 0 Å². The number of nitrogens with zero attached hydrogens (tertiary/aromatic N) is 1. The van der Waals surface area contributed by atoms with E-state index < -0.39 is 0 Å². The van der Waals surface area contributed by atoms with Crippen LogP contribution in [0.2, 0.25) is 0 Å². The van der Waals surface area contributed by atoms with Gasteiger partial charge in [0, 0.05) is 30.2 Å². The van der Waals surface area contributed by atoms with Gasteiger partial charge in [0.1, 0.15) is 5.75 Å². The normalized spacial score (nSPS) is 17.2. The van der Waals surface area contributed by atoms with Crippen molar-refractivity contribution in [1.82, 2.24) is 0 Å². The number of aliphatic hydroxyl groups excluding tert-OH is 1. The van der Waals surface area contributed by atoms with Gasteiger partial charge in [-0.1, -0.05) is 0 Å². The molecule has 0 atom stereocenters. The second kappa shape index (κ2) is 5.74. The third-order valence-corrected chi connectivity index (χ3v) is 4.04. The Labute approximate surface area is 111 Å². The Hall–Kier alpha value is -0.740. The van der Waals surface area contributed by atoms with Gasteiger partial charge in [0.15, 0.2) is 0 Å². The van der Waals surface area contributed by atoms with E-state index in [1.165, 1.54) is 5.69 Å². The second-order valence-corrected chi connectivity index (χ2v) is 5.28. The maximum absolute atomic E-state index is 9.14. The Morgan fingerprint density at radius 3 is 2.71 bits per heavy atom. The molecule has 1 N–H and O–H groups in total. The van der Waals surface area contributed by atoms with E-state index in [9.17, 15) is 0 Å². The Bertz CT molecular complexity index is 376. The number of hydrogen-bond donors (Lipinski definition) is 1. The van der Waals surface area contributed by atoms with Gasteiger partial charge >= 0.3 is 0 Å². The summed E-state index contributed by atoms with van der Waals surface area (Å²) in [6.07, 6.45) is 2.11. The zero-order valence-corrected chi connectivity index (χ0v) is 11.6. The Balaban J connectivity index is 2.12. The second-order valence-electron chi connectivity index (χ2n) is 4.43. The van der Waals surface area contributed by atoms with Gasteiger partial charge in [0.05, 0.1) is 12.8 Å². The number of rotatable bonds is 3. The fourth-order valence-electron chi connectivity index (χ4n) is 2.22. The van der Waals surface area contributed by atoms with Crippen molar-refractivity contribution in [2.24, 2.45) is 5.92 Å². The van der Waals surface area contributed by atoms with Crippen LogP contribution in [-0.2, 0) is 0 Å². The molecule has 0 aromatic heterocycles. The number of anilines is 1. The van der Waals surface area contributed by atoms with Crippen molar-refractivity contribution < 1.29 is 9.84 Å². The van der Waals surface area contributed by atoms with Crippen molar-refractivity contribution in [2.45, 2.75) is 12.8 Å². The monoisotopic (exact) mass is 299 g/mol. The van der Waals surface area contributed by atoms with Crippen LogP contribution in [0.1, 0.15) is 12.8 Å². The van der Waals surface area contributed by atoms with Crippen molar-refractivity contribution in [2.75, 3.05) is 31.7 Å². The van der Waals surface area contributed by atoms with Crippen molar-refractivity contribution in [3.63, 3.8) is 0 Å². The van der Waals surface area contributed by atoms with E-state index in [2.05, 4.69) is 26.9 Å². The van der Waals surface area contributed by atoms with E-state index in [0.29, 0.717) is 12.5 Å². The first-order valence-corrected chi connectivity index (χ1v) is 6.73. The lowest BCUT2D eigenvalue weighted by molar-refractivity contribution is 0.203. The summed E-state index contributed by atoms with van der Waals surface area (Å²) in [6.45, 7) is 2.31. The first-order valence-electron chi connectivity index (χ1n) is 5.94. The first-order chi connectivity index (χ1) is 8.24. The summed E-state index contributed by atoms with van der Waals surface area (Å²) in [7, 11) is 1.69. The summed E-state index contributed by atoms with van der Waals surface area (Å²) in [5.74, 6) is 1.35. The van der Waals surface area contributed by atoms with Crippen molar-refractivity contribution in [3.05, 3.63) is 22.7 Å². The fraction of sp³-hybridized carbons (Fsp3) is 0.538. The molecule has 0 saturated carbocycles. The molecule has 0 unspecified atom stereocenters. The predicted molar refractivity (Wildman–Crippen MR) is 72.7 cm³/mol. The van der Waals surface area contributed by atoms with Crippen LogP contribution in [0.3, 0.4) is 0 Å². The lowest BCUT2D eigenvalue weighted by Crippen LogP contribution is -2.34. The Kier molecular flexibility index (Phi) is 4.29. The van der Waals surface area contributed by atoms with Gasteiger partial charge in [0.2, 0.25) is 0 Å². The minimum Gasteiger partial charge on any atom is -0.497 e. The number of halogens is 1. The van der Waals surface area contributed by atoms with Crippen molar-refractivity contribution >= 4 is 21.6 Å². The number of piperidine rings is 1. The van der Waals surface area contributed by atoms with Crippen LogP contribution in [0.25, 0.3) is 0 Å². The summed E-state index contributed by atoms with van der Waals surface area (Å²) in [5, 5.41) is 9.14. The van der Waals surface area contributed by atoms with E-state index in [1.807, 2.05) is 12.1 Å². The smallest absolute Gasteiger partial charge is 0.121 e. The molecule has 1 fully saturated rings. The standard InChI is InChI=1S/C13H18BrNO2/c1-17-11-2-3-12(14)13(8-11)15-6-4-10(9-16)5-7-15/h2-3,8,10,16H,4-7,9H2,1H3. The fourth-order valence-corrected chi connectivity index (χ4v) is 2.72. The minimum atomic E-state index is 0.313. The van der Waals surface area contributed by atoms with Crippen LogP contribution in [-0.4, -0.2) is 31.9 Å². The molecule has 0 bridgehead atoms. The number of benzene rings is 1. The number of hydrogen-bond acceptors (Lipinski definition) is 3. The molecular weight excluding hydrogens is 282 g/mol. The van der Waals surface area contributed by atoms with Crippen LogP contribution in [0.4, 0.5) is 5.69 Å². The number of aliphatic hydroxyl groups is 1. The highest BCUT2D eigenvalue weighted by Crippen LogP contribution is 2.32. The topological polar surface area (TPSA) is 32.7 Å². The molecule has 4 heteroatoms. The molecule has 0 amide bonds. The van der Waals surface area contributed by atoms with Gasteiger partial charge in [-0.3, -0.25) is 0 Å². The Morgan fingerprint density at radius 1 is 1.41 bits per heavy atom. The molecule has 2 rings (SSSR count). The van der Waals surface area contributed by atoms with Gasteiger partial charge in [-0.25, -0.2) is 0 Å². The lowest BCUT2D eigenvalue weighted by Gasteiger charge is -2.33. The molecule has 0 spiro atoms. The van der Waals surface area contributed by atoms with Crippen LogP contribution in [0, 0.1) is 5.92 Å². The van der Waals surface area contributed by atoms with E-state index in [1.54, 1.807) is 7.11 Å². The minimum absolute atomic E-state index is 0.313. The molecule has 1 heterocycles. The SMILES string of the molecule is COc1ccc(Br)c(N2CCC(CO)CC2)c1. The summed E-state index contributed by atoms with van der Waals surface area (Å²) >= 11 is 3.58. The van der Waals surface area contributed by atoms with Crippen molar-refractivity contribution in [3.8, 4) is 5.75 Å². The van der Waals surface area contributed by atoms with Crippen molar-refractivity contribution in [1.29, 1.82) is 0 Å². The molecule has 3 nitrogen and oxygen atoms in total. The van der Waals surface area contributed by atoms with Gasteiger partial charge in [-0.2, -0.15) is 0 Å². The summed E-state index contributed by atoms with van der Waals surface area (Å²) in [6, 6.07) is 6.03. The molecule has 0 aliphatic carbocycles. The quantitative estimate of drug-likeness (QED) is 0.931.